The average Bonchev–Trinajstić information content (AvgIpc) is 2.76. The van der Waals surface area contributed by atoms with Gasteiger partial charge in [0.1, 0.15) is 17.6 Å². The zero-order valence-electron chi connectivity index (χ0n) is 13.9. The van der Waals surface area contributed by atoms with Gasteiger partial charge < -0.3 is 14.8 Å². The maximum Gasteiger partial charge on any atom is 0.120 e. The fourth-order valence-electron chi connectivity index (χ4n) is 3.78. The molecule has 4 rings (SSSR count). The van der Waals surface area contributed by atoms with Crippen LogP contribution in [-0.4, -0.2) is 42.1 Å². The smallest absolute Gasteiger partial charge is 0.120 e. The summed E-state index contributed by atoms with van der Waals surface area (Å²) in [6.45, 7) is 2.10. The van der Waals surface area contributed by atoms with Crippen LogP contribution in [-0.2, 0) is 0 Å². The molecule has 1 heterocycles. The normalized spacial score (nSPS) is 22.0. The molecule has 0 amide bonds. The summed E-state index contributed by atoms with van der Waals surface area (Å²) in [6, 6.07) is 14.1. The number of rotatable bonds is 2. The summed E-state index contributed by atoms with van der Waals surface area (Å²) in [5.74, 6) is 0.850. The Morgan fingerprint density at radius 1 is 1.04 bits per heavy atom. The molecule has 24 heavy (non-hydrogen) atoms. The van der Waals surface area contributed by atoms with Gasteiger partial charge in [-0.2, -0.15) is 0 Å². The highest BCUT2D eigenvalue weighted by molar-refractivity contribution is 6.24. The number of ether oxygens (including phenoxy) is 1. The molecule has 0 spiro atoms. The molecule has 1 aliphatic heterocycles. The largest absolute Gasteiger partial charge is 0.489 e. The summed E-state index contributed by atoms with van der Waals surface area (Å²) in [5.41, 5.74) is 4.76. The molecular formula is C20H22N2O2. The Bertz CT molecular complexity index is 785. The third kappa shape index (κ3) is 2.67. The third-order valence-corrected chi connectivity index (χ3v) is 4.95. The minimum absolute atomic E-state index is 0.217. The Kier molecular flexibility index (Phi) is 3.98. The molecular weight excluding hydrogens is 300 g/mol. The van der Waals surface area contributed by atoms with Gasteiger partial charge in [0, 0.05) is 17.7 Å². The van der Waals surface area contributed by atoms with Crippen molar-refractivity contribution in [2.45, 2.75) is 25.4 Å². The van der Waals surface area contributed by atoms with Crippen molar-refractivity contribution in [3.8, 4) is 16.9 Å². The van der Waals surface area contributed by atoms with Crippen molar-refractivity contribution in [2.24, 2.45) is 5.16 Å². The van der Waals surface area contributed by atoms with Crippen molar-refractivity contribution < 1.29 is 9.94 Å². The monoisotopic (exact) mass is 322 g/mol. The van der Waals surface area contributed by atoms with Crippen LogP contribution in [0, 0.1) is 0 Å². The van der Waals surface area contributed by atoms with Crippen LogP contribution in [0.25, 0.3) is 11.1 Å². The number of hydrogen-bond donors (Lipinski definition) is 1. The fraction of sp³-hybridized carbons (Fsp3) is 0.350. The summed E-state index contributed by atoms with van der Waals surface area (Å²) < 4.78 is 6.24. The standard InChI is InChI=1S/C20H22N2O2/c1-22-11-5-4-6-15(13-22)24-14-9-10-17-16-7-2-3-8-18(16)20(21-23)19(17)12-14/h2-3,7-10,12,15,23H,4-6,11,13H2,1H3/b21-20+. The highest BCUT2D eigenvalue weighted by atomic mass is 16.5. The van der Waals surface area contributed by atoms with Crippen molar-refractivity contribution in [3.63, 3.8) is 0 Å². The highest BCUT2D eigenvalue weighted by Crippen LogP contribution is 2.38. The molecule has 1 unspecified atom stereocenters. The molecule has 1 fully saturated rings. The third-order valence-electron chi connectivity index (χ3n) is 4.95. The molecule has 1 aliphatic carbocycles. The second-order valence-electron chi connectivity index (χ2n) is 6.70. The molecule has 1 atom stereocenters. The lowest BCUT2D eigenvalue weighted by molar-refractivity contribution is 0.155. The van der Waals surface area contributed by atoms with Gasteiger partial charge in [0.2, 0.25) is 0 Å². The maximum absolute atomic E-state index is 9.48. The van der Waals surface area contributed by atoms with Gasteiger partial charge in [-0.3, -0.25) is 0 Å². The van der Waals surface area contributed by atoms with Gasteiger partial charge in [0.25, 0.3) is 0 Å². The predicted molar refractivity (Wildman–Crippen MR) is 95.1 cm³/mol. The molecule has 1 saturated heterocycles. The summed E-state index contributed by atoms with van der Waals surface area (Å²) >= 11 is 0. The lowest BCUT2D eigenvalue weighted by atomic mass is 10.1. The van der Waals surface area contributed by atoms with Gasteiger partial charge in [0.05, 0.1) is 0 Å². The molecule has 0 saturated carbocycles. The predicted octanol–water partition coefficient (Wildman–Crippen LogP) is 3.76. The fourth-order valence-corrected chi connectivity index (χ4v) is 3.78. The first-order chi connectivity index (χ1) is 11.8. The number of hydrogen-bond acceptors (Lipinski definition) is 4. The average molecular weight is 322 g/mol. The van der Waals surface area contributed by atoms with Gasteiger partial charge in [-0.1, -0.05) is 29.4 Å². The van der Waals surface area contributed by atoms with Crippen molar-refractivity contribution in [2.75, 3.05) is 20.1 Å². The van der Waals surface area contributed by atoms with Crippen molar-refractivity contribution in [3.05, 3.63) is 53.6 Å². The number of benzene rings is 2. The van der Waals surface area contributed by atoms with E-state index >= 15 is 0 Å². The van der Waals surface area contributed by atoms with E-state index in [1.807, 2.05) is 30.3 Å². The summed E-state index contributed by atoms with van der Waals surface area (Å²) in [5, 5.41) is 13.0. The van der Waals surface area contributed by atoms with Crippen LogP contribution in [0.5, 0.6) is 5.75 Å². The highest BCUT2D eigenvalue weighted by Gasteiger charge is 2.26. The molecule has 0 radical (unpaired) electrons. The van der Waals surface area contributed by atoms with Gasteiger partial charge in [-0.05, 0) is 62.2 Å². The van der Waals surface area contributed by atoms with Crippen LogP contribution in [0.1, 0.15) is 30.4 Å². The zero-order chi connectivity index (χ0) is 16.5. The Labute approximate surface area is 142 Å². The van der Waals surface area contributed by atoms with E-state index in [-0.39, 0.29) is 6.10 Å². The Balaban J connectivity index is 1.64. The summed E-state index contributed by atoms with van der Waals surface area (Å²) in [7, 11) is 2.15. The van der Waals surface area contributed by atoms with Crippen molar-refractivity contribution >= 4 is 5.71 Å². The number of oxime groups is 1. The van der Waals surface area contributed by atoms with Crippen LogP contribution in [0.15, 0.2) is 47.6 Å². The quantitative estimate of drug-likeness (QED) is 0.577. The number of fused-ring (bicyclic) bond motifs is 3. The molecule has 2 aromatic carbocycles. The van der Waals surface area contributed by atoms with E-state index in [0.717, 1.165) is 47.5 Å². The maximum atomic E-state index is 9.48. The van der Waals surface area contributed by atoms with E-state index in [1.165, 1.54) is 12.8 Å². The Hall–Kier alpha value is -2.33. The topological polar surface area (TPSA) is 45.1 Å². The molecule has 4 nitrogen and oxygen atoms in total. The Morgan fingerprint density at radius 3 is 2.67 bits per heavy atom. The van der Waals surface area contributed by atoms with Crippen LogP contribution in [0.3, 0.4) is 0 Å². The molecule has 1 N–H and O–H groups in total. The molecule has 0 aromatic heterocycles. The number of nitrogens with zero attached hydrogens (tertiary/aromatic N) is 2. The van der Waals surface area contributed by atoms with Crippen LogP contribution in [0.4, 0.5) is 0 Å². The van der Waals surface area contributed by atoms with Crippen LogP contribution >= 0.6 is 0 Å². The first-order valence-electron chi connectivity index (χ1n) is 8.57. The second-order valence-corrected chi connectivity index (χ2v) is 6.70. The van der Waals surface area contributed by atoms with E-state index in [2.05, 4.69) is 29.2 Å². The van der Waals surface area contributed by atoms with Crippen LogP contribution in [0.2, 0.25) is 0 Å². The lowest BCUT2D eigenvalue weighted by Gasteiger charge is -2.21. The van der Waals surface area contributed by atoms with Gasteiger partial charge >= 0.3 is 0 Å². The second kappa shape index (κ2) is 6.29. The SMILES string of the molecule is CN1CCCCC(Oc2ccc3c(c2)/C(=N/O)c2ccccc2-3)C1. The lowest BCUT2D eigenvalue weighted by Crippen LogP contribution is -2.31. The first-order valence-corrected chi connectivity index (χ1v) is 8.57. The van der Waals surface area contributed by atoms with E-state index in [1.54, 1.807) is 0 Å². The van der Waals surface area contributed by atoms with E-state index in [0.29, 0.717) is 5.71 Å². The van der Waals surface area contributed by atoms with Crippen LogP contribution < -0.4 is 4.74 Å². The van der Waals surface area contributed by atoms with Gasteiger partial charge in [-0.25, -0.2) is 0 Å². The molecule has 124 valence electrons. The number of likely N-dealkylation sites (tertiary alicyclic amines) is 1. The molecule has 2 aliphatic rings. The van der Waals surface area contributed by atoms with E-state index < -0.39 is 0 Å². The first kappa shape index (κ1) is 15.2. The van der Waals surface area contributed by atoms with Gasteiger partial charge in [-0.15, -0.1) is 0 Å². The summed E-state index contributed by atoms with van der Waals surface area (Å²) in [4.78, 5) is 2.33. The van der Waals surface area contributed by atoms with E-state index in [9.17, 15) is 5.21 Å². The van der Waals surface area contributed by atoms with E-state index in [4.69, 9.17) is 4.74 Å². The van der Waals surface area contributed by atoms with Crippen molar-refractivity contribution in [1.29, 1.82) is 0 Å². The number of likely N-dealkylation sites (N-methyl/N-ethyl adjacent to an activating group) is 1. The molecule has 0 bridgehead atoms. The van der Waals surface area contributed by atoms with Gasteiger partial charge in [0.15, 0.2) is 0 Å². The Morgan fingerprint density at radius 2 is 1.83 bits per heavy atom. The minimum Gasteiger partial charge on any atom is -0.489 e. The molecule has 4 heteroatoms. The van der Waals surface area contributed by atoms with Crippen molar-refractivity contribution in [1.82, 2.24) is 4.90 Å². The molecule has 2 aromatic rings. The zero-order valence-corrected chi connectivity index (χ0v) is 13.9. The minimum atomic E-state index is 0.217. The summed E-state index contributed by atoms with van der Waals surface area (Å²) in [6.07, 6.45) is 3.74.